The van der Waals surface area contributed by atoms with Gasteiger partial charge < -0.3 is 9.47 Å². The van der Waals surface area contributed by atoms with Crippen molar-refractivity contribution in [3.63, 3.8) is 0 Å². The molecule has 0 unspecified atom stereocenters. The van der Waals surface area contributed by atoms with E-state index in [4.69, 9.17) is 9.47 Å². The minimum atomic E-state index is -0.105. The summed E-state index contributed by atoms with van der Waals surface area (Å²) < 4.78 is 12.2. The van der Waals surface area contributed by atoms with Gasteiger partial charge in [-0.2, -0.15) is 0 Å². The van der Waals surface area contributed by atoms with Crippen molar-refractivity contribution in [1.29, 1.82) is 0 Å². The van der Waals surface area contributed by atoms with E-state index in [0.717, 1.165) is 11.4 Å². The zero-order chi connectivity index (χ0) is 18.0. The van der Waals surface area contributed by atoms with Crippen LogP contribution in [0.5, 0.6) is 11.5 Å². The highest BCUT2D eigenvalue weighted by Crippen LogP contribution is 2.30. The van der Waals surface area contributed by atoms with Gasteiger partial charge in [0.2, 0.25) is 0 Å². The van der Waals surface area contributed by atoms with Gasteiger partial charge in [0.1, 0.15) is 0 Å². The van der Waals surface area contributed by atoms with E-state index in [9.17, 15) is 4.79 Å². The molecule has 0 aliphatic carbocycles. The summed E-state index contributed by atoms with van der Waals surface area (Å²) in [4.78, 5) is 21.8. The molecule has 0 N–H and O–H groups in total. The van der Waals surface area contributed by atoms with E-state index >= 15 is 0 Å². The van der Waals surface area contributed by atoms with Gasteiger partial charge in [-0.15, -0.1) is 0 Å². The third-order valence-corrected chi connectivity index (χ3v) is 4.21. The summed E-state index contributed by atoms with van der Waals surface area (Å²) in [6, 6.07) is 9.23. The molecule has 0 radical (unpaired) electrons. The zero-order valence-electron chi connectivity index (χ0n) is 14.8. The quantitative estimate of drug-likeness (QED) is 0.715. The number of aromatic nitrogens is 3. The van der Waals surface area contributed by atoms with Crippen molar-refractivity contribution >= 4 is 10.9 Å². The Bertz CT molecular complexity index is 966. The number of ether oxygens (including phenoxy) is 2. The van der Waals surface area contributed by atoms with E-state index in [-0.39, 0.29) is 11.6 Å². The van der Waals surface area contributed by atoms with Gasteiger partial charge in [-0.25, -0.2) is 4.98 Å². The van der Waals surface area contributed by atoms with Gasteiger partial charge in [0.05, 0.1) is 31.4 Å². The fourth-order valence-corrected chi connectivity index (χ4v) is 2.89. The fourth-order valence-electron chi connectivity index (χ4n) is 2.89. The largest absolute Gasteiger partial charge is 0.493 e. The lowest BCUT2D eigenvalue weighted by molar-refractivity contribution is 0.355. The van der Waals surface area contributed by atoms with Crippen LogP contribution in [0.2, 0.25) is 0 Å². The summed E-state index contributed by atoms with van der Waals surface area (Å²) in [6.45, 7) is 3.94. The lowest BCUT2D eigenvalue weighted by Crippen LogP contribution is -2.25. The van der Waals surface area contributed by atoms with E-state index in [0.29, 0.717) is 28.8 Å². The smallest absolute Gasteiger partial charge is 0.261 e. The van der Waals surface area contributed by atoms with Crippen molar-refractivity contribution < 1.29 is 9.47 Å². The Morgan fingerprint density at radius 3 is 2.56 bits per heavy atom. The van der Waals surface area contributed by atoms with Gasteiger partial charge in [-0.3, -0.25) is 14.3 Å². The maximum atomic E-state index is 12.9. The molecule has 0 amide bonds. The molecule has 0 aliphatic rings. The zero-order valence-corrected chi connectivity index (χ0v) is 14.8. The second-order valence-corrected chi connectivity index (χ2v) is 6.00. The van der Waals surface area contributed by atoms with Gasteiger partial charge in [0, 0.05) is 29.9 Å². The first-order valence-corrected chi connectivity index (χ1v) is 8.09. The first-order chi connectivity index (χ1) is 12.0. The van der Waals surface area contributed by atoms with Crippen LogP contribution in [0, 0.1) is 6.92 Å². The van der Waals surface area contributed by atoms with Crippen LogP contribution in [-0.2, 0) is 6.42 Å². The molecule has 2 heterocycles. The third kappa shape index (κ3) is 3.33. The first kappa shape index (κ1) is 17.0. The second-order valence-electron chi connectivity index (χ2n) is 6.00. The molecule has 3 rings (SSSR count). The van der Waals surface area contributed by atoms with Gasteiger partial charge in [0.25, 0.3) is 5.56 Å². The van der Waals surface area contributed by atoms with Crippen molar-refractivity contribution in [2.75, 3.05) is 14.2 Å². The Hall–Kier alpha value is -2.89. The molecule has 6 nitrogen and oxygen atoms in total. The molecule has 0 spiro atoms. The van der Waals surface area contributed by atoms with Crippen molar-refractivity contribution in [2.45, 2.75) is 26.3 Å². The SMILES string of the molecule is COc1cc2ncn([C@@H](C)Cc3cccc(C)n3)c(=O)c2cc1OC. The molecule has 6 heteroatoms. The van der Waals surface area contributed by atoms with Gasteiger partial charge in [-0.05, 0) is 32.0 Å². The fraction of sp³-hybridized carbons (Fsp3) is 0.316. The average Bonchev–Trinajstić information content (AvgIpc) is 2.61. The predicted octanol–water partition coefficient (Wildman–Crippen LogP) is 2.92. The summed E-state index contributed by atoms with van der Waals surface area (Å²) >= 11 is 0. The summed E-state index contributed by atoms with van der Waals surface area (Å²) in [5, 5.41) is 0.504. The standard InChI is InChI=1S/C19H21N3O3/c1-12-6-5-7-14(21-12)8-13(2)22-11-20-16-10-18(25-4)17(24-3)9-15(16)19(22)23/h5-7,9-11,13H,8H2,1-4H3/t13-/m0/s1. The van der Waals surface area contributed by atoms with Gasteiger partial charge >= 0.3 is 0 Å². The van der Waals surface area contributed by atoms with E-state index in [2.05, 4.69) is 9.97 Å². The minimum absolute atomic E-state index is 0.0632. The summed E-state index contributed by atoms with van der Waals surface area (Å²) in [5.41, 5.74) is 2.39. The number of hydrogen-bond donors (Lipinski definition) is 0. The topological polar surface area (TPSA) is 66.2 Å². The number of pyridine rings is 1. The summed E-state index contributed by atoms with van der Waals surface area (Å²) in [5.74, 6) is 1.07. The second kappa shape index (κ2) is 6.93. The van der Waals surface area contributed by atoms with E-state index in [1.165, 1.54) is 0 Å². The predicted molar refractivity (Wildman–Crippen MR) is 96.5 cm³/mol. The number of methoxy groups -OCH3 is 2. The van der Waals surface area contributed by atoms with Crippen LogP contribution in [0.1, 0.15) is 24.4 Å². The number of fused-ring (bicyclic) bond motifs is 1. The molecule has 1 atom stereocenters. The molecule has 2 aromatic heterocycles. The Kier molecular flexibility index (Phi) is 4.70. The lowest BCUT2D eigenvalue weighted by Gasteiger charge is -2.16. The molecule has 0 saturated carbocycles. The van der Waals surface area contributed by atoms with Crippen LogP contribution in [0.3, 0.4) is 0 Å². The average molecular weight is 339 g/mol. The normalized spacial score (nSPS) is 12.2. The molecule has 1 aromatic carbocycles. The lowest BCUT2D eigenvalue weighted by atomic mass is 10.1. The number of rotatable bonds is 5. The Morgan fingerprint density at radius 1 is 1.16 bits per heavy atom. The molecule has 0 saturated heterocycles. The molecule has 0 bridgehead atoms. The highest BCUT2D eigenvalue weighted by Gasteiger charge is 2.14. The number of aryl methyl sites for hydroxylation is 1. The first-order valence-electron chi connectivity index (χ1n) is 8.09. The molecular weight excluding hydrogens is 318 g/mol. The Balaban J connectivity index is 2.02. The van der Waals surface area contributed by atoms with Crippen molar-refractivity contribution in [1.82, 2.24) is 14.5 Å². The minimum Gasteiger partial charge on any atom is -0.493 e. The van der Waals surface area contributed by atoms with Crippen LogP contribution in [0.25, 0.3) is 10.9 Å². The highest BCUT2D eigenvalue weighted by molar-refractivity contribution is 5.81. The maximum absolute atomic E-state index is 12.9. The number of nitrogens with zero attached hydrogens (tertiary/aromatic N) is 3. The van der Waals surface area contributed by atoms with Crippen molar-refractivity contribution in [2.24, 2.45) is 0 Å². The van der Waals surface area contributed by atoms with Crippen LogP contribution >= 0.6 is 0 Å². The molecule has 130 valence electrons. The van der Waals surface area contributed by atoms with E-state index in [1.54, 1.807) is 37.2 Å². The third-order valence-electron chi connectivity index (χ3n) is 4.21. The van der Waals surface area contributed by atoms with Crippen LogP contribution in [0.15, 0.2) is 41.5 Å². The molecule has 0 aliphatic heterocycles. The monoisotopic (exact) mass is 339 g/mol. The maximum Gasteiger partial charge on any atom is 0.261 e. The summed E-state index contributed by atoms with van der Waals surface area (Å²) in [6.07, 6.45) is 2.24. The highest BCUT2D eigenvalue weighted by atomic mass is 16.5. The molecule has 0 fully saturated rings. The van der Waals surface area contributed by atoms with Gasteiger partial charge in [0.15, 0.2) is 11.5 Å². The molecule has 3 aromatic rings. The Morgan fingerprint density at radius 2 is 1.88 bits per heavy atom. The molecule has 25 heavy (non-hydrogen) atoms. The molecular formula is C19H21N3O3. The van der Waals surface area contributed by atoms with Crippen LogP contribution in [0.4, 0.5) is 0 Å². The Labute approximate surface area is 146 Å². The van der Waals surface area contributed by atoms with E-state index < -0.39 is 0 Å². The van der Waals surface area contributed by atoms with Crippen LogP contribution in [-0.4, -0.2) is 28.8 Å². The van der Waals surface area contributed by atoms with Gasteiger partial charge in [-0.1, -0.05) is 6.07 Å². The number of benzene rings is 1. The van der Waals surface area contributed by atoms with E-state index in [1.807, 2.05) is 32.0 Å². The van der Waals surface area contributed by atoms with Crippen LogP contribution < -0.4 is 15.0 Å². The van der Waals surface area contributed by atoms with Crippen molar-refractivity contribution in [3.05, 3.63) is 58.4 Å². The van der Waals surface area contributed by atoms with Crippen molar-refractivity contribution in [3.8, 4) is 11.5 Å². The number of hydrogen-bond acceptors (Lipinski definition) is 5. The summed E-state index contributed by atoms with van der Waals surface area (Å²) in [7, 11) is 3.10.